The molecule has 3 aliphatic rings. The number of hydrogen-bond acceptors (Lipinski definition) is 3. The minimum atomic E-state index is 0.126. The maximum Gasteiger partial charge on any atom is 0.253 e. The maximum atomic E-state index is 13.0. The van der Waals surface area contributed by atoms with E-state index in [1.54, 1.807) is 0 Å². The molecule has 5 heteroatoms. The lowest BCUT2D eigenvalue weighted by Crippen LogP contribution is -2.57. The van der Waals surface area contributed by atoms with Gasteiger partial charge in [0, 0.05) is 37.8 Å². The minimum Gasteiger partial charge on any atom is -0.337 e. The van der Waals surface area contributed by atoms with E-state index in [1.165, 1.54) is 24.0 Å². The third-order valence-corrected chi connectivity index (χ3v) is 5.85. The molecule has 4 rings (SSSR count). The molecule has 2 heterocycles. The highest BCUT2D eigenvalue weighted by molar-refractivity contribution is 5.94. The highest BCUT2D eigenvalue weighted by atomic mass is 16.2. The van der Waals surface area contributed by atoms with Gasteiger partial charge in [-0.1, -0.05) is 6.07 Å². The maximum absolute atomic E-state index is 13.0. The molecule has 2 saturated heterocycles. The zero-order valence-corrected chi connectivity index (χ0v) is 14.8. The second-order valence-corrected chi connectivity index (χ2v) is 7.50. The lowest BCUT2D eigenvalue weighted by atomic mass is 9.90. The van der Waals surface area contributed by atoms with Crippen LogP contribution in [0.5, 0.6) is 0 Å². The van der Waals surface area contributed by atoms with E-state index in [1.807, 2.05) is 15.9 Å². The van der Waals surface area contributed by atoms with E-state index in [0.717, 1.165) is 50.9 Å². The summed E-state index contributed by atoms with van der Waals surface area (Å²) in [5.74, 6) is 0.292. The van der Waals surface area contributed by atoms with Crippen LogP contribution in [0.25, 0.3) is 0 Å². The first-order valence-corrected chi connectivity index (χ1v) is 9.63. The second-order valence-electron chi connectivity index (χ2n) is 7.50. The van der Waals surface area contributed by atoms with Gasteiger partial charge >= 0.3 is 0 Å². The Balaban J connectivity index is 1.47. The van der Waals surface area contributed by atoms with E-state index >= 15 is 0 Å². The summed E-state index contributed by atoms with van der Waals surface area (Å²) in [6.45, 7) is 3.50. The van der Waals surface area contributed by atoms with Crippen molar-refractivity contribution < 1.29 is 9.59 Å². The topological polar surface area (TPSA) is 52.7 Å². The van der Waals surface area contributed by atoms with E-state index in [9.17, 15) is 9.59 Å². The Morgan fingerprint density at radius 3 is 2.76 bits per heavy atom. The normalized spacial score (nSPS) is 24.2. The fourth-order valence-electron chi connectivity index (χ4n) is 4.45. The smallest absolute Gasteiger partial charge is 0.253 e. The Bertz CT molecular complexity index is 673. The Labute approximate surface area is 149 Å². The SMILES string of the molecule is O=C(c1ccc2c(c1)CCCC2)N1CCCC(N2CCNCC2=O)C1. The van der Waals surface area contributed by atoms with E-state index < -0.39 is 0 Å². The number of nitrogens with zero attached hydrogens (tertiary/aromatic N) is 2. The van der Waals surface area contributed by atoms with Crippen molar-refractivity contribution in [1.29, 1.82) is 0 Å². The van der Waals surface area contributed by atoms with Crippen molar-refractivity contribution >= 4 is 11.8 Å². The third kappa shape index (κ3) is 3.43. The van der Waals surface area contributed by atoms with Crippen LogP contribution >= 0.6 is 0 Å². The van der Waals surface area contributed by atoms with Crippen LogP contribution < -0.4 is 5.32 Å². The molecule has 2 amide bonds. The summed E-state index contributed by atoms with van der Waals surface area (Å²) >= 11 is 0. The Hall–Kier alpha value is -1.88. The summed E-state index contributed by atoms with van der Waals surface area (Å²) in [6, 6.07) is 6.41. The monoisotopic (exact) mass is 341 g/mol. The molecule has 2 fully saturated rings. The number of piperazine rings is 1. The first-order valence-electron chi connectivity index (χ1n) is 9.63. The molecule has 0 radical (unpaired) electrons. The van der Waals surface area contributed by atoms with Crippen molar-refractivity contribution in [2.75, 3.05) is 32.7 Å². The first-order chi connectivity index (χ1) is 12.2. The number of carbonyl (C=O) groups excluding carboxylic acids is 2. The molecule has 1 N–H and O–H groups in total. The molecule has 0 saturated carbocycles. The van der Waals surface area contributed by atoms with Gasteiger partial charge in [0.25, 0.3) is 5.91 Å². The predicted molar refractivity (Wildman–Crippen MR) is 96.6 cm³/mol. The zero-order chi connectivity index (χ0) is 17.2. The average molecular weight is 341 g/mol. The minimum absolute atomic E-state index is 0.126. The quantitative estimate of drug-likeness (QED) is 0.889. The molecule has 1 unspecified atom stereocenters. The summed E-state index contributed by atoms with van der Waals surface area (Å²) < 4.78 is 0. The van der Waals surface area contributed by atoms with Crippen molar-refractivity contribution in [3.05, 3.63) is 34.9 Å². The van der Waals surface area contributed by atoms with Crippen LogP contribution in [0.2, 0.25) is 0 Å². The zero-order valence-electron chi connectivity index (χ0n) is 14.8. The van der Waals surface area contributed by atoms with E-state index in [2.05, 4.69) is 17.4 Å². The van der Waals surface area contributed by atoms with Crippen LogP contribution in [-0.4, -0.2) is 60.4 Å². The first kappa shape index (κ1) is 16.6. The van der Waals surface area contributed by atoms with Gasteiger partial charge in [-0.3, -0.25) is 9.59 Å². The van der Waals surface area contributed by atoms with Gasteiger partial charge in [-0.2, -0.15) is 0 Å². The molecule has 5 nitrogen and oxygen atoms in total. The number of amides is 2. The summed E-state index contributed by atoms with van der Waals surface area (Å²) in [4.78, 5) is 29.1. The lowest BCUT2D eigenvalue weighted by molar-refractivity contribution is -0.135. The average Bonchev–Trinajstić information content (AvgIpc) is 2.67. The number of likely N-dealkylation sites (tertiary alicyclic amines) is 1. The van der Waals surface area contributed by atoms with Crippen LogP contribution in [0, 0.1) is 0 Å². The van der Waals surface area contributed by atoms with Crippen LogP contribution in [0.3, 0.4) is 0 Å². The Kier molecular flexibility index (Phi) is 4.75. The van der Waals surface area contributed by atoms with Crippen molar-refractivity contribution in [2.24, 2.45) is 0 Å². The number of fused-ring (bicyclic) bond motifs is 1. The number of rotatable bonds is 2. The van der Waals surface area contributed by atoms with Crippen molar-refractivity contribution in [1.82, 2.24) is 15.1 Å². The van der Waals surface area contributed by atoms with Gasteiger partial charge < -0.3 is 15.1 Å². The van der Waals surface area contributed by atoms with Gasteiger partial charge in [0.2, 0.25) is 5.91 Å². The molecule has 0 spiro atoms. The number of hydrogen-bond donors (Lipinski definition) is 1. The standard InChI is InChI=1S/C20H27N3O2/c24-19-13-21-9-11-23(19)18-6-3-10-22(14-18)20(25)17-8-7-15-4-1-2-5-16(15)12-17/h7-8,12,18,21H,1-6,9-11,13-14H2. The van der Waals surface area contributed by atoms with Gasteiger partial charge in [-0.15, -0.1) is 0 Å². The van der Waals surface area contributed by atoms with Crippen molar-refractivity contribution in [3.8, 4) is 0 Å². The number of nitrogens with one attached hydrogen (secondary N) is 1. The third-order valence-electron chi connectivity index (χ3n) is 5.85. The van der Waals surface area contributed by atoms with Gasteiger partial charge in [0.15, 0.2) is 0 Å². The Morgan fingerprint density at radius 2 is 1.92 bits per heavy atom. The van der Waals surface area contributed by atoms with Crippen molar-refractivity contribution in [3.63, 3.8) is 0 Å². The van der Waals surface area contributed by atoms with Crippen LogP contribution in [0.1, 0.15) is 47.2 Å². The van der Waals surface area contributed by atoms with E-state index in [4.69, 9.17) is 0 Å². The van der Waals surface area contributed by atoms with Crippen LogP contribution in [0.15, 0.2) is 18.2 Å². The van der Waals surface area contributed by atoms with Gasteiger partial charge in [0.1, 0.15) is 0 Å². The molecule has 1 atom stereocenters. The number of benzene rings is 1. The Morgan fingerprint density at radius 1 is 1.08 bits per heavy atom. The van der Waals surface area contributed by atoms with E-state index in [-0.39, 0.29) is 17.9 Å². The fourth-order valence-corrected chi connectivity index (χ4v) is 4.45. The molecule has 2 aliphatic heterocycles. The van der Waals surface area contributed by atoms with Crippen LogP contribution in [0.4, 0.5) is 0 Å². The second kappa shape index (κ2) is 7.16. The molecule has 0 aromatic heterocycles. The summed E-state index contributed by atoms with van der Waals surface area (Å²) in [6.07, 6.45) is 6.68. The van der Waals surface area contributed by atoms with Crippen molar-refractivity contribution in [2.45, 2.75) is 44.6 Å². The largest absolute Gasteiger partial charge is 0.337 e. The molecule has 1 aliphatic carbocycles. The highest BCUT2D eigenvalue weighted by Crippen LogP contribution is 2.24. The van der Waals surface area contributed by atoms with Gasteiger partial charge in [0.05, 0.1) is 6.54 Å². The predicted octanol–water partition coefficient (Wildman–Crippen LogP) is 1.60. The van der Waals surface area contributed by atoms with Gasteiger partial charge in [-0.25, -0.2) is 0 Å². The number of carbonyl (C=O) groups is 2. The molecule has 25 heavy (non-hydrogen) atoms. The summed E-state index contributed by atoms with van der Waals surface area (Å²) in [7, 11) is 0. The van der Waals surface area contributed by atoms with Crippen LogP contribution in [-0.2, 0) is 17.6 Å². The molecule has 1 aromatic rings. The number of aryl methyl sites for hydroxylation is 2. The molecular weight excluding hydrogens is 314 g/mol. The molecule has 0 bridgehead atoms. The molecular formula is C20H27N3O2. The van der Waals surface area contributed by atoms with Gasteiger partial charge in [-0.05, 0) is 61.8 Å². The van der Waals surface area contributed by atoms with E-state index in [0.29, 0.717) is 13.1 Å². The number of piperidine rings is 1. The molecule has 1 aromatic carbocycles. The fraction of sp³-hybridized carbons (Fsp3) is 0.600. The summed E-state index contributed by atoms with van der Waals surface area (Å²) in [5, 5.41) is 3.12. The highest BCUT2D eigenvalue weighted by Gasteiger charge is 2.32. The summed E-state index contributed by atoms with van der Waals surface area (Å²) in [5.41, 5.74) is 3.57. The molecule has 134 valence electrons. The lowest BCUT2D eigenvalue weighted by Gasteiger charge is -2.41.